The number of rotatable bonds is 6. The molecule has 0 fully saturated rings. The van der Waals surface area contributed by atoms with Gasteiger partial charge in [0.05, 0.1) is 23.4 Å². The number of nitrogens with zero attached hydrogens (tertiary/aromatic N) is 3. The molecule has 2 heterocycles. The SMILES string of the molecule is CCC(COC)Oc1cc(C)nc2c1c(C)nn2-c1ccc(C)c(C)c1C. The van der Waals surface area contributed by atoms with Gasteiger partial charge in [-0.1, -0.05) is 13.0 Å². The number of aryl methyl sites for hydroxylation is 3. The smallest absolute Gasteiger partial charge is 0.167 e. The van der Waals surface area contributed by atoms with Gasteiger partial charge in [-0.2, -0.15) is 5.10 Å². The van der Waals surface area contributed by atoms with Gasteiger partial charge in [-0.25, -0.2) is 9.67 Å². The van der Waals surface area contributed by atoms with E-state index >= 15 is 0 Å². The predicted octanol–water partition coefficient (Wildman–Crippen LogP) is 4.77. The molecule has 2 aromatic heterocycles. The van der Waals surface area contributed by atoms with Crippen LogP contribution in [0, 0.1) is 34.6 Å². The largest absolute Gasteiger partial charge is 0.487 e. The van der Waals surface area contributed by atoms with Crippen molar-refractivity contribution in [2.75, 3.05) is 13.7 Å². The molecule has 1 atom stereocenters. The lowest BCUT2D eigenvalue weighted by atomic mass is 10.0. The molecule has 0 saturated heterocycles. The maximum atomic E-state index is 6.28. The highest BCUT2D eigenvalue weighted by Gasteiger charge is 2.20. The zero-order valence-corrected chi connectivity index (χ0v) is 17.4. The summed E-state index contributed by atoms with van der Waals surface area (Å²) in [6, 6.07) is 6.25. The fourth-order valence-electron chi connectivity index (χ4n) is 3.40. The van der Waals surface area contributed by atoms with Crippen molar-refractivity contribution in [1.29, 1.82) is 0 Å². The van der Waals surface area contributed by atoms with E-state index in [1.165, 1.54) is 16.7 Å². The standard InChI is InChI=1S/C22H29N3O2/c1-8-18(12-26-7)27-20-11-14(3)23-22-21(20)17(6)24-25(22)19-10-9-13(2)15(4)16(19)5/h9-11,18H,8,12H2,1-7H3. The summed E-state index contributed by atoms with van der Waals surface area (Å²) in [5, 5.41) is 5.78. The van der Waals surface area contributed by atoms with Crippen LogP contribution >= 0.6 is 0 Å². The summed E-state index contributed by atoms with van der Waals surface area (Å²) in [6.07, 6.45) is 0.881. The second kappa shape index (κ2) is 7.69. The van der Waals surface area contributed by atoms with Crippen molar-refractivity contribution in [2.24, 2.45) is 0 Å². The summed E-state index contributed by atoms with van der Waals surface area (Å²) in [5.41, 5.74) is 7.50. The second-order valence-electron chi connectivity index (χ2n) is 7.21. The molecule has 5 heteroatoms. The Labute approximate surface area is 161 Å². The average Bonchev–Trinajstić information content (AvgIpc) is 2.95. The first kappa shape index (κ1) is 19.4. The molecule has 144 valence electrons. The van der Waals surface area contributed by atoms with E-state index in [1.54, 1.807) is 7.11 Å². The number of hydrogen-bond donors (Lipinski definition) is 0. The molecule has 0 aliphatic heterocycles. The molecular formula is C22H29N3O2. The minimum atomic E-state index is 0.00565. The van der Waals surface area contributed by atoms with E-state index in [0.29, 0.717) is 6.61 Å². The first-order valence-corrected chi connectivity index (χ1v) is 9.47. The third-order valence-electron chi connectivity index (χ3n) is 5.26. The molecule has 0 radical (unpaired) electrons. The lowest BCUT2D eigenvalue weighted by Gasteiger charge is -2.18. The van der Waals surface area contributed by atoms with Crippen molar-refractivity contribution in [2.45, 2.75) is 54.1 Å². The lowest BCUT2D eigenvalue weighted by Crippen LogP contribution is -2.21. The Bertz CT molecular complexity index is 976. The first-order valence-electron chi connectivity index (χ1n) is 9.47. The van der Waals surface area contributed by atoms with Gasteiger partial charge in [0.1, 0.15) is 11.9 Å². The molecule has 0 aliphatic carbocycles. The van der Waals surface area contributed by atoms with Crippen LogP contribution < -0.4 is 4.74 Å². The highest BCUT2D eigenvalue weighted by Crippen LogP contribution is 2.32. The molecule has 0 bridgehead atoms. The van der Waals surface area contributed by atoms with Gasteiger partial charge in [-0.15, -0.1) is 0 Å². The quantitative estimate of drug-likeness (QED) is 0.630. The van der Waals surface area contributed by atoms with E-state index in [-0.39, 0.29) is 6.10 Å². The summed E-state index contributed by atoms with van der Waals surface area (Å²) >= 11 is 0. The van der Waals surface area contributed by atoms with E-state index in [1.807, 2.05) is 24.6 Å². The molecule has 5 nitrogen and oxygen atoms in total. The Morgan fingerprint density at radius 2 is 1.81 bits per heavy atom. The molecule has 1 unspecified atom stereocenters. The van der Waals surface area contributed by atoms with Crippen molar-refractivity contribution in [3.8, 4) is 11.4 Å². The van der Waals surface area contributed by atoms with Crippen molar-refractivity contribution < 1.29 is 9.47 Å². The van der Waals surface area contributed by atoms with Crippen LogP contribution in [0.2, 0.25) is 0 Å². The van der Waals surface area contributed by atoms with Gasteiger partial charge in [-0.3, -0.25) is 0 Å². The Balaban J connectivity index is 2.20. The number of hydrogen-bond acceptors (Lipinski definition) is 4. The second-order valence-corrected chi connectivity index (χ2v) is 7.21. The number of pyridine rings is 1. The van der Waals surface area contributed by atoms with Crippen LogP contribution in [-0.4, -0.2) is 34.6 Å². The Hall–Kier alpha value is -2.40. The minimum absolute atomic E-state index is 0.00565. The number of methoxy groups -OCH3 is 1. The lowest BCUT2D eigenvalue weighted by molar-refractivity contribution is 0.0797. The number of ether oxygens (including phenoxy) is 2. The van der Waals surface area contributed by atoms with Gasteiger partial charge in [0, 0.05) is 18.9 Å². The summed E-state index contributed by atoms with van der Waals surface area (Å²) in [7, 11) is 1.70. The Morgan fingerprint density at radius 3 is 2.48 bits per heavy atom. The maximum absolute atomic E-state index is 6.28. The van der Waals surface area contributed by atoms with E-state index in [0.717, 1.165) is 40.3 Å². The fraction of sp³-hybridized carbons (Fsp3) is 0.455. The zero-order chi connectivity index (χ0) is 19.7. The molecule has 0 spiro atoms. The molecule has 27 heavy (non-hydrogen) atoms. The van der Waals surface area contributed by atoms with Crippen LogP contribution in [0.4, 0.5) is 0 Å². The van der Waals surface area contributed by atoms with Gasteiger partial charge in [0.25, 0.3) is 0 Å². The number of fused-ring (bicyclic) bond motifs is 1. The molecule has 3 aromatic rings. The van der Waals surface area contributed by atoms with Gasteiger partial charge in [0.2, 0.25) is 0 Å². The highest BCUT2D eigenvalue weighted by molar-refractivity contribution is 5.86. The topological polar surface area (TPSA) is 49.2 Å². The van der Waals surface area contributed by atoms with Gasteiger partial charge in [0.15, 0.2) is 5.65 Å². The fourth-order valence-corrected chi connectivity index (χ4v) is 3.40. The van der Waals surface area contributed by atoms with Crippen molar-refractivity contribution in [1.82, 2.24) is 14.8 Å². The third kappa shape index (κ3) is 3.56. The number of benzene rings is 1. The van der Waals surface area contributed by atoms with E-state index in [2.05, 4.69) is 39.8 Å². The van der Waals surface area contributed by atoms with Crippen molar-refractivity contribution in [3.05, 3.63) is 46.3 Å². The van der Waals surface area contributed by atoms with Crippen LogP contribution in [-0.2, 0) is 4.74 Å². The first-order chi connectivity index (χ1) is 12.9. The Kier molecular flexibility index (Phi) is 5.51. The Morgan fingerprint density at radius 1 is 1.07 bits per heavy atom. The van der Waals surface area contributed by atoms with Crippen molar-refractivity contribution >= 4 is 11.0 Å². The minimum Gasteiger partial charge on any atom is -0.487 e. The third-order valence-corrected chi connectivity index (χ3v) is 5.26. The summed E-state index contributed by atoms with van der Waals surface area (Å²) in [6.45, 7) is 13.1. The van der Waals surface area contributed by atoms with Gasteiger partial charge < -0.3 is 9.47 Å². The predicted molar refractivity (Wildman–Crippen MR) is 109 cm³/mol. The molecule has 0 N–H and O–H groups in total. The van der Waals surface area contributed by atoms with Gasteiger partial charge >= 0.3 is 0 Å². The van der Waals surface area contributed by atoms with Crippen molar-refractivity contribution in [3.63, 3.8) is 0 Å². The molecule has 1 aromatic carbocycles. The van der Waals surface area contributed by atoms with Crippen LogP contribution in [0.5, 0.6) is 5.75 Å². The molecular weight excluding hydrogens is 338 g/mol. The number of aromatic nitrogens is 3. The summed E-state index contributed by atoms with van der Waals surface area (Å²) in [4.78, 5) is 4.79. The van der Waals surface area contributed by atoms with Gasteiger partial charge in [-0.05, 0) is 63.8 Å². The van der Waals surface area contributed by atoms with Crippen LogP contribution in [0.1, 0.15) is 41.4 Å². The summed E-state index contributed by atoms with van der Waals surface area (Å²) < 4.78 is 13.5. The summed E-state index contributed by atoms with van der Waals surface area (Å²) in [5.74, 6) is 0.826. The monoisotopic (exact) mass is 367 g/mol. The van der Waals surface area contributed by atoms with Crippen LogP contribution in [0.15, 0.2) is 18.2 Å². The average molecular weight is 367 g/mol. The van der Waals surface area contributed by atoms with Crippen LogP contribution in [0.3, 0.4) is 0 Å². The molecule has 0 saturated carbocycles. The normalized spacial score (nSPS) is 12.6. The molecule has 0 amide bonds. The van der Waals surface area contributed by atoms with E-state index in [4.69, 9.17) is 19.6 Å². The van der Waals surface area contributed by atoms with E-state index in [9.17, 15) is 0 Å². The zero-order valence-electron chi connectivity index (χ0n) is 17.4. The molecule has 3 rings (SSSR count). The maximum Gasteiger partial charge on any atom is 0.167 e. The van der Waals surface area contributed by atoms with Crippen LogP contribution in [0.25, 0.3) is 16.7 Å². The molecule has 0 aliphatic rings. The van der Waals surface area contributed by atoms with E-state index < -0.39 is 0 Å². The highest BCUT2D eigenvalue weighted by atomic mass is 16.5.